The van der Waals surface area contributed by atoms with E-state index in [0.717, 1.165) is 11.1 Å². The van der Waals surface area contributed by atoms with Gasteiger partial charge in [0.05, 0.1) is 5.69 Å². The summed E-state index contributed by atoms with van der Waals surface area (Å²) in [5.74, 6) is 0.0492. The number of hydrogen-bond donors (Lipinski definition) is 1. The van der Waals surface area contributed by atoms with Crippen molar-refractivity contribution in [3.63, 3.8) is 0 Å². The first-order chi connectivity index (χ1) is 6.79. The van der Waals surface area contributed by atoms with Crippen LogP contribution in [0.4, 0.5) is 0 Å². The minimum absolute atomic E-state index is 0.0492. The van der Waals surface area contributed by atoms with E-state index >= 15 is 0 Å². The largest absolute Gasteiger partial charge is 0.358 e. The topological polar surface area (TPSA) is 32.9 Å². The molecule has 0 fully saturated rings. The first-order valence-electron chi connectivity index (χ1n) is 4.53. The molecule has 2 heteroatoms. The SMILES string of the molecule is Cc1cc[nH]c1C(=O)c1ccccc1. The van der Waals surface area contributed by atoms with E-state index in [1.165, 1.54) is 0 Å². The quantitative estimate of drug-likeness (QED) is 0.716. The molecule has 1 aromatic carbocycles. The van der Waals surface area contributed by atoms with Crippen LogP contribution in [0.1, 0.15) is 21.6 Å². The molecule has 70 valence electrons. The highest BCUT2D eigenvalue weighted by atomic mass is 16.1. The molecule has 0 aliphatic heterocycles. The Balaban J connectivity index is 2.39. The molecule has 0 spiro atoms. The van der Waals surface area contributed by atoms with Gasteiger partial charge in [0.15, 0.2) is 0 Å². The Morgan fingerprint density at radius 1 is 1.14 bits per heavy atom. The fourth-order valence-electron chi connectivity index (χ4n) is 1.43. The zero-order valence-corrected chi connectivity index (χ0v) is 7.95. The molecule has 2 nitrogen and oxygen atoms in total. The summed E-state index contributed by atoms with van der Waals surface area (Å²) in [7, 11) is 0. The van der Waals surface area contributed by atoms with E-state index in [9.17, 15) is 4.79 Å². The molecule has 0 atom stereocenters. The molecule has 1 aromatic heterocycles. The molecule has 0 radical (unpaired) electrons. The second-order valence-corrected chi connectivity index (χ2v) is 3.23. The van der Waals surface area contributed by atoms with Gasteiger partial charge in [-0.05, 0) is 18.6 Å². The van der Waals surface area contributed by atoms with Gasteiger partial charge in [0.1, 0.15) is 0 Å². The Labute approximate surface area is 82.6 Å². The highest BCUT2D eigenvalue weighted by Crippen LogP contribution is 2.11. The second kappa shape index (κ2) is 3.50. The smallest absolute Gasteiger partial charge is 0.209 e. The fraction of sp³-hybridized carbons (Fsp3) is 0.0833. The zero-order chi connectivity index (χ0) is 9.97. The van der Waals surface area contributed by atoms with Crippen LogP contribution in [0, 0.1) is 6.92 Å². The predicted octanol–water partition coefficient (Wildman–Crippen LogP) is 2.55. The summed E-state index contributed by atoms with van der Waals surface area (Å²) in [6, 6.07) is 11.2. The number of carbonyl (C=O) groups excluding carboxylic acids is 1. The number of aromatic amines is 1. The van der Waals surface area contributed by atoms with Gasteiger partial charge >= 0.3 is 0 Å². The number of carbonyl (C=O) groups is 1. The Morgan fingerprint density at radius 2 is 1.86 bits per heavy atom. The summed E-state index contributed by atoms with van der Waals surface area (Å²) in [6.45, 7) is 1.92. The third kappa shape index (κ3) is 1.46. The van der Waals surface area contributed by atoms with Crippen LogP contribution in [0.2, 0.25) is 0 Å². The lowest BCUT2D eigenvalue weighted by atomic mass is 10.1. The lowest BCUT2D eigenvalue weighted by molar-refractivity contribution is 0.103. The summed E-state index contributed by atoms with van der Waals surface area (Å²) in [4.78, 5) is 14.9. The number of benzene rings is 1. The van der Waals surface area contributed by atoms with Crippen LogP contribution in [-0.4, -0.2) is 10.8 Å². The standard InChI is InChI=1S/C12H11NO/c1-9-7-8-13-11(9)12(14)10-5-3-2-4-6-10/h2-8,13H,1H3. The van der Waals surface area contributed by atoms with Gasteiger partial charge in [-0.25, -0.2) is 0 Å². The van der Waals surface area contributed by atoms with Crippen molar-refractivity contribution in [1.29, 1.82) is 0 Å². The summed E-state index contributed by atoms with van der Waals surface area (Å²) in [5.41, 5.74) is 2.38. The summed E-state index contributed by atoms with van der Waals surface area (Å²) < 4.78 is 0. The van der Waals surface area contributed by atoms with E-state index in [0.29, 0.717) is 5.69 Å². The number of aryl methyl sites for hydroxylation is 1. The van der Waals surface area contributed by atoms with E-state index in [1.54, 1.807) is 6.20 Å². The number of aromatic nitrogens is 1. The maximum Gasteiger partial charge on any atom is 0.209 e. The Kier molecular flexibility index (Phi) is 2.19. The third-order valence-corrected chi connectivity index (χ3v) is 2.22. The number of H-pyrrole nitrogens is 1. The Morgan fingerprint density at radius 3 is 2.43 bits per heavy atom. The van der Waals surface area contributed by atoms with Crippen LogP contribution in [0.5, 0.6) is 0 Å². The monoisotopic (exact) mass is 185 g/mol. The maximum absolute atomic E-state index is 11.9. The van der Waals surface area contributed by atoms with Crippen molar-refractivity contribution in [2.24, 2.45) is 0 Å². The molecule has 0 unspecified atom stereocenters. The van der Waals surface area contributed by atoms with Gasteiger partial charge in [0, 0.05) is 11.8 Å². The molecule has 2 rings (SSSR count). The second-order valence-electron chi connectivity index (χ2n) is 3.23. The first-order valence-corrected chi connectivity index (χ1v) is 4.53. The Hall–Kier alpha value is -1.83. The van der Waals surface area contributed by atoms with Gasteiger partial charge < -0.3 is 4.98 Å². The minimum Gasteiger partial charge on any atom is -0.358 e. The van der Waals surface area contributed by atoms with Crippen molar-refractivity contribution in [2.75, 3.05) is 0 Å². The van der Waals surface area contributed by atoms with Crippen molar-refractivity contribution in [3.05, 3.63) is 59.4 Å². The fourth-order valence-corrected chi connectivity index (χ4v) is 1.43. The van der Waals surface area contributed by atoms with Crippen molar-refractivity contribution >= 4 is 5.78 Å². The zero-order valence-electron chi connectivity index (χ0n) is 7.95. The molecule has 0 saturated heterocycles. The van der Waals surface area contributed by atoms with Gasteiger partial charge in [-0.2, -0.15) is 0 Å². The molecule has 0 saturated carbocycles. The number of ketones is 1. The Bertz CT molecular complexity index is 442. The van der Waals surface area contributed by atoms with Crippen molar-refractivity contribution in [2.45, 2.75) is 6.92 Å². The molecule has 2 aromatic rings. The van der Waals surface area contributed by atoms with Crippen molar-refractivity contribution in [1.82, 2.24) is 4.98 Å². The summed E-state index contributed by atoms with van der Waals surface area (Å²) >= 11 is 0. The third-order valence-electron chi connectivity index (χ3n) is 2.22. The van der Waals surface area contributed by atoms with E-state index in [4.69, 9.17) is 0 Å². The molecule has 1 N–H and O–H groups in total. The van der Waals surface area contributed by atoms with Crippen LogP contribution in [0.3, 0.4) is 0 Å². The highest BCUT2D eigenvalue weighted by molar-refractivity contribution is 6.08. The van der Waals surface area contributed by atoms with E-state index < -0.39 is 0 Å². The van der Waals surface area contributed by atoms with Crippen molar-refractivity contribution in [3.8, 4) is 0 Å². The van der Waals surface area contributed by atoms with Crippen LogP contribution < -0.4 is 0 Å². The lowest BCUT2D eigenvalue weighted by Gasteiger charge is -1.99. The number of nitrogens with one attached hydrogen (secondary N) is 1. The van der Waals surface area contributed by atoms with E-state index in [-0.39, 0.29) is 5.78 Å². The van der Waals surface area contributed by atoms with Gasteiger partial charge in [-0.15, -0.1) is 0 Å². The van der Waals surface area contributed by atoms with Crippen LogP contribution >= 0.6 is 0 Å². The van der Waals surface area contributed by atoms with E-state index in [2.05, 4.69) is 4.98 Å². The molecule has 0 bridgehead atoms. The van der Waals surface area contributed by atoms with Crippen LogP contribution in [0.15, 0.2) is 42.6 Å². The number of hydrogen-bond acceptors (Lipinski definition) is 1. The molecule has 0 aliphatic carbocycles. The minimum atomic E-state index is 0.0492. The highest BCUT2D eigenvalue weighted by Gasteiger charge is 2.11. The molecular formula is C12H11NO. The number of rotatable bonds is 2. The van der Waals surface area contributed by atoms with Gasteiger partial charge in [-0.1, -0.05) is 30.3 Å². The molecular weight excluding hydrogens is 174 g/mol. The normalized spacial score (nSPS) is 10.1. The molecule has 14 heavy (non-hydrogen) atoms. The molecule has 1 heterocycles. The van der Waals surface area contributed by atoms with Gasteiger partial charge in [0.25, 0.3) is 0 Å². The van der Waals surface area contributed by atoms with Gasteiger partial charge in [0.2, 0.25) is 5.78 Å². The van der Waals surface area contributed by atoms with E-state index in [1.807, 2.05) is 43.3 Å². The first kappa shape index (κ1) is 8.75. The van der Waals surface area contributed by atoms with Crippen LogP contribution in [0.25, 0.3) is 0 Å². The summed E-state index contributed by atoms with van der Waals surface area (Å²) in [6.07, 6.45) is 1.78. The van der Waals surface area contributed by atoms with Crippen molar-refractivity contribution < 1.29 is 4.79 Å². The van der Waals surface area contributed by atoms with Gasteiger partial charge in [-0.3, -0.25) is 4.79 Å². The average molecular weight is 185 g/mol. The maximum atomic E-state index is 11.9. The predicted molar refractivity (Wildman–Crippen MR) is 55.4 cm³/mol. The molecule has 0 amide bonds. The average Bonchev–Trinajstić information content (AvgIpc) is 2.65. The summed E-state index contributed by atoms with van der Waals surface area (Å²) in [5, 5.41) is 0. The lowest BCUT2D eigenvalue weighted by Crippen LogP contribution is -2.02. The molecule has 0 aliphatic rings. The van der Waals surface area contributed by atoms with Crippen LogP contribution in [-0.2, 0) is 0 Å².